The van der Waals surface area contributed by atoms with Gasteiger partial charge in [0.05, 0.1) is 23.8 Å². The highest BCUT2D eigenvalue weighted by molar-refractivity contribution is 5.81. The molecule has 4 rings (SSSR count). The maximum atomic E-state index is 12.8. The number of H-pyrrole nitrogens is 2. The van der Waals surface area contributed by atoms with Crippen LogP contribution < -0.4 is 5.32 Å². The van der Waals surface area contributed by atoms with E-state index in [1.54, 1.807) is 12.4 Å². The Kier molecular flexibility index (Phi) is 10.7. The highest BCUT2D eigenvalue weighted by atomic mass is 16.6. The Balaban J connectivity index is 1.43. The van der Waals surface area contributed by atoms with Gasteiger partial charge in [0.25, 0.3) is 0 Å². The number of hydrogen-bond acceptors (Lipinski definition) is 8. The van der Waals surface area contributed by atoms with Crippen molar-refractivity contribution >= 4 is 12.2 Å². The average Bonchev–Trinajstić information content (AvgIpc) is 3.65. The van der Waals surface area contributed by atoms with Crippen LogP contribution in [-0.4, -0.2) is 66.6 Å². The molecule has 0 spiro atoms. The van der Waals surface area contributed by atoms with Crippen LogP contribution in [0, 0.1) is 5.92 Å². The normalized spacial score (nSPS) is 13.5. The number of aromatic amines is 2. The Morgan fingerprint density at radius 1 is 0.844 bits per heavy atom. The van der Waals surface area contributed by atoms with Crippen molar-refractivity contribution in [2.45, 2.75) is 78.2 Å². The zero-order valence-electron chi connectivity index (χ0n) is 26.6. The Morgan fingerprint density at radius 2 is 1.36 bits per heavy atom. The lowest BCUT2D eigenvalue weighted by molar-refractivity contribution is -0.209. The summed E-state index contributed by atoms with van der Waals surface area (Å²) >= 11 is 0. The van der Waals surface area contributed by atoms with E-state index in [1.165, 1.54) is 27.7 Å². The summed E-state index contributed by atoms with van der Waals surface area (Å²) in [6.07, 6.45) is 2.80. The molecule has 5 N–H and O–H groups in total. The molecule has 0 aliphatic rings. The summed E-state index contributed by atoms with van der Waals surface area (Å²) in [5, 5.41) is 23.1. The van der Waals surface area contributed by atoms with E-state index in [4.69, 9.17) is 9.47 Å². The van der Waals surface area contributed by atoms with Gasteiger partial charge in [-0.3, -0.25) is 4.79 Å². The number of rotatable bonds is 15. The molecule has 45 heavy (non-hydrogen) atoms. The van der Waals surface area contributed by atoms with Crippen molar-refractivity contribution in [3.63, 3.8) is 0 Å². The number of benzene rings is 2. The van der Waals surface area contributed by atoms with Gasteiger partial charge < -0.3 is 39.8 Å². The number of carbonyl (C=O) groups is 2. The molecule has 1 amide bonds. The summed E-state index contributed by atoms with van der Waals surface area (Å²) in [7, 11) is 0. The topological polar surface area (TPSA) is 162 Å². The van der Waals surface area contributed by atoms with Gasteiger partial charge in [0.1, 0.15) is 30.1 Å². The fraction of sp³-hybridized carbons (Fsp3) is 0.412. The van der Waals surface area contributed by atoms with Crippen molar-refractivity contribution in [3.8, 4) is 33.6 Å². The number of hydrogen-bond donors (Lipinski definition) is 5. The number of nitrogens with zero attached hydrogens (tertiary/aromatic N) is 2. The number of nitrogens with one attached hydrogen (secondary N) is 3. The minimum Gasteiger partial charge on any atom is -0.366 e. The fourth-order valence-corrected chi connectivity index (χ4v) is 4.73. The molecule has 0 fully saturated rings. The molecule has 2 aromatic heterocycles. The number of amides is 1. The van der Waals surface area contributed by atoms with Crippen LogP contribution in [0.25, 0.3) is 33.6 Å². The van der Waals surface area contributed by atoms with Crippen LogP contribution >= 0.6 is 0 Å². The molecule has 0 bridgehead atoms. The highest BCUT2D eigenvalue weighted by Gasteiger charge is 2.28. The van der Waals surface area contributed by atoms with E-state index in [-0.39, 0.29) is 24.7 Å². The second-order valence-electron chi connectivity index (χ2n) is 12.4. The molecule has 0 aliphatic heterocycles. The standard InChI is InChI=1S/C34H43N5O6/c1-21(2)18-37-32(41)29(45-34(5,6)43)17-30-35-19-26(38-30)24-11-7-22(8-12-24)23-9-13-25(14-10-23)27-20-36-31(39-27)28(15-16-40)44-33(3,4)42/h7-14,16,19-21,28-29,42-43H,15,17-18H2,1-6H3,(H,35,38)(H,36,39)(H,37,41). The molecule has 2 heterocycles. The number of aldehydes is 1. The smallest absolute Gasteiger partial charge is 0.249 e. The molecule has 2 unspecified atom stereocenters. The minimum atomic E-state index is -1.47. The maximum absolute atomic E-state index is 12.8. The summed E-state index contributed by atoms with van der Waals surface area (Å²) in [4.78, 5) is 39.2. The van der Waals surface area contributed by atoms with Gasteiger partial charge in [-0.05, 0) is 55.9 Å². The summed E-state index contributed by atoms with van der Waals surface area (Å²) in [6, 6.07) is 16.0. The summed E-state index contributed by atoms with van der Waals surface area (Å²) in [5.74, 6) is -1.85. The van der Waals surface area contributed by atoms with Gasteiger partial charge in [0, 0.05) is 19.4 Å². The van der Waals surface area contributed by atoms with E-state index in [2.05, 4.69) is 25.3 Å². The number of aliphatic hydroxyl groups is 2. The third kappa shape index (κ3) is 9.92. The highest BCUT2D eigenvalue weighted by Crippen LogP contribution is 2.29. The van der Waals surface area contributed by atoms with E-state index >= 15 is 0 Å². The molecule has 11 heteroatoms. The molecule has 2 aromatic carbocycles. The lowest BCUT2D eigenvalue weighted by Gasteiger charge is -2.25. The SMILES string of the molecule is CC(C)CNC(=O)C(Cc1ncc(-c2ccc(-c3ccc(-c4cnc(C(CC=O)OC(C)(C)O)[nH]4)cc3)cc2)[nH]1)OC(C)(C)O. The van der Waals surface area contributed by atoms with Gasteiger partial charge in [0.2, 0.25) is 5.91 Å². The average molecular weight is 618 g/mol. The first kappa shape index (κ1) is 33.7. The van der Waals surface area contributed by atoms with Crippen molar-refractivity contribution in [1.29, 1.82) is 0 Å². The van der Waals surface area contributed by atoms with Gasteiger partial charge in [0.15, 0.2) is 11.6 Å². The zero-order valence-corrected chi connectivity index (χ0v) is 26.6. The molecule has 0 saturated heterocycles. The summed E-state index contributed by atoms with van der Waals surface area (Å²) in [6.45, 7) is 10.5. The molecular weight excluding hydrogens is 574 g/mol. The van der Waals surface area contributed by atoms with Crippen LogP contribution in [0.5, 0.6) is 0 Å². The number of carbonyl (C=O) groups excluding carboxylic acids is 2. The summed E-state index contributed by atoms with van der Waals surface area (Å²) < 4.78 is 11.2. The predicted molar refractivity (Wildman–Crippen MR) is 171 cm³/mol. The molecule has 240 valence electrons. The lowest BCUT2D eigenvalue weighted by Crippen LogP contribution is -2.44. The van der Waals surface area contributed by atoms with Gasteiger partial charge in [-0.25, -0.2) is 9.97 Å². The van der Waals surface area contributed by atoms with Gasteiger partial charge >= 0.3 is 0 Å². The first-order chi connectivity index (χ1) is 21.2. The second kappa shape index (κ2) is 14.3. The Hall–Kier alpha value is -4.16. The zero-order chi connectivity index (χ0) is 32.8. The van der Waals surface area contributed by atoms with E-state index in [0.717, 1.165) is 39.9 Å². The van der Waals surface area contributed by atoms with Crippen LogP contribution in [0.15, 0.2) is 60.9 Å². The molecular formula is C34H43N5O6. The number of aromatic nitrogens is 4. The van der Waals surface area contributed by atoms with Crippen molar-refractivity contribution in [2.24, 2.45) is 5.92 Å². The molecule has 11 nitrogen and oxygen atoms in total. The first-order valence-electron chi connectivity index (χ1n) is 15.0. The van der Waals surface area contributed by atoms with Crippen molar-refractivity contribution in [1.82, 2.24) is 25.3 Å². The van der Waals surface area contributed by atoms with E-state index in [0.29, 0.717) is 18.2 Å². The number of imidazole rings is 2. The van der Waals surface area contributed by atoms with Gasteiger partial charge in [-0.2, -0.15) is 0 Å². The van der Waals surface area contributed by atoms with Crippen LogP contribution in [0.4, 0.5) is 0 Å². The lowest BCUT2D eigenvalue weighted by atomic mass is 10.0. The van der Waals surface area contributed by atoms with Gasteiger partial charge in [-0.15, -0.1) is 0 Å². The quantitative estimate of drug-likeness (QED) is 0.0926. The maximum Gasteiger partial charge on any atom is 0.249 e. The van der Waals surface area contributed by atoms with E-state index in [1.807, 2.05) is 62.4 Å². The molecule has 2 atom stereocenters. The summed E-state index contributed by atoms with van der Waals surface area (Å²) in [5.41, 5.74) is 5.47. The van der Waals surface area contributed by atoms with Crippen LogP contribution in [0.2, 0.25) is 0 Å². The largest absolute Gasteiger partial charge is 0.366 e. The third-order valence-corrected chi connectivity index (χ3v) is 6.78. The molecule has 4 aromatic rings. The van der Waals surface area contributed by atoms with Crippen LogP contribution in [-0.2, 0) is 25.5 Å². The Morgan fingerprint density at radius 3 is 1.87 bits per heavy atom. The minimum absolute atomic E-state index is 0.0678. The molecule has 0 saturated carbocycles. The number of ether oxygens (including phenoxy) is 2. The Bertz CT molecular complexity index is 1550. The van der Waals surface area contributed by atoms with Gasteiger partial charge in [-0.1, -0.05) is 62.4 Å². The monoisotopic (exact) mass is 617 g/mol. The Labute approximate surface area is 263 Å². The predicted octanol–water partition coefficient (Wildman–Crippen LogP) is 4.94. The van der Waals surface area contributed by atoms with E-state index < -0.39 is 23.8 Å². The first-order valence-corrected chi connectivity index (χ1v) is 15.0. The van der Waals surface area contributed by atoms with E-state index in [9.17, 15) is 19.8 Å². The third-order valence-electron chi connectivity index (χ3n) is 6.78. The van der Waals surface area contributed by atoms with Crippen molar-refractivity contribution < 1.29 is 29.3 Å². The van der Waals surface area contributed by atoms with Crippen LogP contribution in [0.3, 0.4) is 0 Å². The van der Waals surface area contributed by atoms with Crippen molar-refractivity contribution in [2.75, 3.05) is 6.54 Å². The fourth-order valence-electron chi connectivity index (χ4n) is 4.73. The molecule has 0 aliphatic carbocycles. The van der Waals surface area contributed by atoms with Crippen molar-refractivity contribution in [3.05, 3.63) is 72.6 Å². The van der Waals surface area contributed by atoms with Crippen LogP contribution in [0.1, 0.15) is 65.7 Å². The molecule has 0 radical (unpaired) electrons. The second-order valence-corrected chi connectivity index (χ2v) is 12.4.